The van der Waals surface area contributed by atoms with Crippen LogP contribution in [-0.2, 0) is 10.5 Å². The number of nitrogens with zero attached hydrogens (tertiary/aromatic N) is 1. The van der Waals surface area contributed by atoms with Gasteiger partial charge in [0, 0.05) is 17.1 Å². The Labute approximate surface area is 126 Å². The molecule has 108 valence electrons. The zero-order valence-electron chi connectivity index (χ0n) is 11.4. The van der Waals surface area contributed by atoms with Crippen molar-refractivity contribution >= 4 is 35.4 Å². The molecule has 1 aromatic rings. The molecule has 20 heavy (non-hydrogen) atoms. The van der Waals surface area contributed by atoms with E-state index >= 15 is 0 Å². The van der Waals surface area contributed by atoms with Crippen molar-refractivity contribution in [1.82, 2.24) is 4.90 Å². The quantitative estimate of drug-likeness (QED) is 0.926. The highest BCUT2D eigenvalue weighted by atomic mass is 32.2. The van der Waals surface area contributed by atoms with E-state index in [0.29, 0.717) is 11.3 Å². The van der Waals surface area contributed by atoms with Gasteiger partial charge in [0.2, 0.25) is 0 Å². The van der Waals surface area contributed by atoms with Gasteiger partial charge in [0.05, 0.1) is 5.37 Å². The second-order valence-corrected chi connectivity index (χ2v) is 6.85. The molecule has 0 saturated carbocycles. The topological polar surface area (TPSA) is 57.6 Å². The van der Waals surface area contributed by atoms with Crippen LogP contribution in [0.15, 0.2) is 24.3 Å². The second kappa shape index (κ2) is 6.54. The molecular weight excluding hydrogens is 294 g/mol. The van der Waals surface area contributed by atoms with Crippen molar-refractivity contribution in [2.75, 3.05) is 12.0 Å². The van der Waals surface area contributed by atoms with Gasteiger partial charge in [-0.05, 0) is 30.9 Å². The Kier molecular flexibility index (Phi) is 4.99. The van der Waals surface area contributed by atoms with Crippen LogP contribution in [0.1, 0.15) is 22.8 Å². The minimum absolute atomic E-state index is 0.104. The summed E-state index contributed by atoms with van der Waals surface area (Å²) < 4.78 is 0. The van der Waals surface area contributed by atoms with E-state index in [9.17, 15) is 14.7 Å². The highest BCUT2D eigenvalue weighted by molar-refractivity contribution is 8.00. The van der Waals surface area contributed by atoms with Gasteiger partial charge in [0.25, 0.3) is 5.91 Å². The van der Waals surface area contributed by atoms with Gasteiger partial charge in [-0.15, -0.1) is 11.8 Å². The molecule has 1 aliphatic heterocycles. The van der Waals surface area contributed by atoms with E-state index in [2.05, 4.69) is 0 Å². The van der Waals surface area contributed by atoms with Crippen LogP contribution in [0.25, 0.3) is 0 Å². The Hall–Kier alpha value is -1.14. The molecule has 2 unspecified atom stereocenters. The maximum Gasteiger partial charge on any atom is 0.327 e. The number of carbonyl (C=O) groups excluding carboxylic acids is 1. The predicted molar refractivity (Wildman–Crippen MR) is 83.2 cm³/mol. The standard InChI is InChI=1S/C14H17NO3S2/c1-9-15(12(8-20-9)14(17)18)13(16)11-5-3-4-10(6-11)7-19-2/h3-6,9,12H,7-8H2,1-2H3,(H,17,18). The van der Waals surface area contributed by atoms with Crippen molar-refractivity contribution < 1.29 is 14.7 Å². The van der Waals surface area contributed by atoms with Crippen LogP contribution in [-0.4, -0.2) is 45.3 Å². The first-order chi connectivity index (χ1) is 9.54. The molecule has 0 aromatic heterocycles. The summed E-state index contributed by atoms with van der Waals surface area (Å²) in [7, 11) is 0. The highest BCUT2D eigenvalue weighted by Crippen LogP contribution is 2.30. The molecule has 0 aliphatic carbocycles. The third-order valence-corrected chi connectivity index (χ3v) is 5.07. The fourth-order valence-corrected chi connectivity index (χ4v) is 3.93. The summed E-state index contributed by atoms with van der Waals surface area (Å²) in [6.07, 6.45) is 2.01. The lowest BCUT2D eigenvalue weighted by molar-refractivity contribution is -0.141. The van der Waals surface area contributed by atoms with Gasteiger partial charge in [-0.25, -0.2) is 4.79 Å². The molecule has 4 nitrogen and oxygen atoms in total. The summed E-state index contributed by atoms with van der Waals surface area (Å²) in [5.74, 6) is 0.161. The molecule has 0 bridgehead atoms. The van der Waals surface area contributed by atoms with E-state index in [1.807, 2.05) is 31.4 Å². The van der Waals surface area contributed by atoms with Gasteiger partial charge in [-0.2, -0.15) is 11.8 Å². The number of amides is 1. The van der Waals surface area contributed by atoms with Gasteiger partial charge in [-0.3, -0.25) is 4.79 Å². The molecule has 1 heterocycles. The van der Waals surface area contributed by atoms with E-state index < -0.39 is 12.0 Å². The van der Waals surface area contributed by atoms with Gasteiger partial charge in [0.15, 0.2) is 0 Å². The number of aliphatic carboxylic acids is 1. The van der Waals surface area contributed by atoms with Crippen LogP contribution >= 0.6 is 23.5 Å². The fraction of sp³-hybridized carbons (Fsp3) is 0.429. The lowest BCUT2D eigenvalue weighted by atomic mass is 10.1. The minimum atomic E-state index is -0.935. The number of hydrogen-bond acceptors (Lipinski definition) is 4. The summed E-state index contributed by atoms with van der Waals surface area (Å²) in [4.78, 5) is 25.3. The molecule has 1 amide bonds. The Balaban J connectivity index is 2.25. The Morgan fingerprint density at radius 3 is 2.90 bits per heavy atom. The second-order valence-electron chi connectivity index (χ2n) is 4.63. The molecule has 1 aromatic carbocycles. The minimum Gasteiger partial charge on any atom is -0.480 e. The number of rotatable bonds is 4. The number of benzene rings is 1. The maximum absolute atomic E-state index is 12.6. The van der Waals surface area contributed by atoms with Crippen LogP contribution in [0.5, 0.6) is 0 Å². The highest BCUT2D eigenvalue weighted by Gasteiger charge is 2.39. The van der Waals surface area contributed by atoms with Gasteiger partial charge in [0.1, 0.15) is 6.04 Å². The van der Waals surface area contributed by atoms with Crippen molar-refractivity contribution in [1.29, 1.82) is 0 Å². The first kappa shape index (κ1) is 15.3. The molecule has 1 fully saturated rings. The number of hydrogen-bond donors (Lipinski definition) is 1. The van der Waals surface area contributed by atoms with Crippen LogP contribution in [0.3, 0.4) is 0 Å². The van der Waals surface area contributed by atoms with Gasteiger partial charge >= 0.3 is 5.97 Å². The molecule has 1 aliphatic rings. The first-order valence-electron chi connectivity index (χ1n) is 6.29. The SMILES string of the molecule is CSCc1cccc(C(=O)N2C(C)SCC2C(=O)O)c1. The van der Waals surface area contributed by atoms with Gasteiger partial charge in [-0.1, -0.05) is 12.1 Å². The lowest BCUT2D eigenvalue weighted by Crippen LogP contribution is -2.44. The molecular formula is C14H17NO3S2. The van der Waals surface area contributed by atoms with Crippen LogP contribution in [0.4, 0.5) is 0 Å². The average molecular weight is 311 g/mol. The lowest BCUT2D eigenvalue weighted by Gasteiger charge is -2.25. The van der Waals surface area contributed by atoms with Crippen molar-refractivity contribution in [3.8, 4) is 0 Å². The van der Waals surface area contributed by atoms with E-state index in [4.69, 9.17) is 0 Å². The molecule has 1 saturated heterocycles. The van der Waals surface area contributed by atoms with E-state index in [1.165, 1.54) is 16.7 Å². The fourth-order valence-electron chi connectivity index (χ4n) is 2.25. The number of carbonyl (C=O) groups is 2. The van der Waals surface area contributed by atoms with E-state index in [0.717, 1.165) is 11.3 Å². The Bertz CT molecular complexity index is 521. The van der Waals surface area contributed by atoms with Crippen LogP contribution < -0.4 is 0 Å². The summed E-state index contributed by atoms with van der Waals surface area (Å²) in [6, 6.07) is 6.70. The molecule has 1 N–H and O–H groups in total. The van der Waals surface area contributed by atoms with Gasteiger partial charge < -0.3 is 10.0 Å². The number of carboxylic acid groups (broad SMARTS) is 1. The summed E-state index contributed by atoms with van der Waals surface area (Å²) in [5, 5.41) is 9.12. The smallest absolute Gasteiger partial charge is 0.327 e. The van der Waals surface area contributed by atoms with Crippen molar-refractivity contribution in [2.45, 2.75) is 24.1 Å². The molecule has 0 radical (unpaired) electrons. The Morgan fingerprint density at radius 1 is 1.50 bits per heavy atom. The predicted octanol–water partition coefficient (Wildman–Crippen LogP) is 2.54. The van der Waals surface area contributed by atoms with Crippen LogP contribution in [0.2, 0.25) is 0 Å². The molecule has 2 rings (SSSR count). The third-order valence-electron chi connectivity index (χ3n) is 3.23. The first-order valence-corrected chi connectivity index (χ1v) is 8.73. The zero-order chi connectivity index (χ0) is 14.7. The summed E-state index contributed by atoms with van der Waals surface area (Å²) in [6.45, 7) is 1.87. The molecule has 2 atom stereocenters. The average Bonchev–Trinajstić information content (AvgIpc) is 2.81. The van der Waals surface area contributed by atoms with Crippen LogP contribution in [0, 0.1) is 0 Å². The summed E-state index contributed by atoms with van der Waals surface area (Å²) in [5.41, 5.74) is 1.65. The number of thioether (sulfide) groups is 2. The van der Waals surface area contributed by atoms with E-state index in [1.54, 1.807) is 17.8 Å². The Morgan fingerprint density at radius 2 is 2.25 bits per heavy atom. The van der Waals surface area contributed by atoms with Crippen molar-refractivity contribution in [3.63, 3.8) is 0 Å². The van der Waals surface area contributed by atoms with Crippen molar-refractivity contribution in [2.24, 2.45) is 0 Å². The number of carboxylic acids is 1. The zero-order valence-corrected chi connectivity index (χ0v) is 13.0. The summed E-state index contributed by atoms with van der Waals surface area (Å²) >= 11 is 3.19. The molecule has 6 heteroatoms. The largest absolute Gasteiger partial charge is 0.480 e. The maximum atomic E-state index is 12.6. The monoisotopic (exact) mass is 311 g/mol. The molecule has 0 spiro atoms. The third kappa shape index (κ3) is 3.12. The van der Waals surface area contributed by atoms with E-state index in [-0.39, 0.29) is 11.3 Å². The van der Waals surface area contributed by atoms with Crippen molar-refractivity contribution in [3.05, 3.63) is 35.4 Å². The normalized spacial score (nSPS) is 22.0.